The van der Waals surface area contributed by atoms with Gasteiger partial charge in [0.2, 0.25) is 0 Å². The smallest absolute Gasteiger partial charge is 0.108 e. The zero-order valence-electron chi connectivity index (χ0n) is 10.9. The molecule has 1 aromatic rings. The van der Waals surface area contributed by atoms with E-state index >= 15 is 0 Å². The van der Waals surface area contributed by atoms with Crippen molar-refractivity contribution in [3.8, 4) is 0 Å². The Balaban J connectivity index is 2.13. The Hall–Kier alpha value is -0.830. The van der Waals surface area contributed by atoms with Crippen molar-refractivity contribution in [3.63, 3.8) is 0 Å². The molecule has 0 saturated heterocycles. The molecule has 0 amide bonds. The third-order valence-electron chi connectivity index (χ3n) is 3.86. The fourth-order valence-corrected chi connectivity index (χ4v) is 2.90. The van der Waals surface area contributed by atoms with Crippen LogP contribution in [0.4, 0.5) is 0 Å². The molecule has 96 valence electrons. The molecule has 0 aromatic carbocycles. The van der Waals surface area contributed by atoms with Gasteiger partial charge >= 0.3 is 0 Å². The second kappa shape index (κ2) is 6.20. The van der Waals surface area contributed by atoms with Gasteiger partial charge in [0.25, 0.3) is 0 Å². The molecule has 1 saturated carbocycles. The summed E-state index contributed by atoms with van der Waals surface area (Å²) in [4.78, 5) is 4.48. The third kappa shape index (κ3) is 3.09. The quantitative estimate of drug-likeness (QED) is 0.875. The maximum absolute atomic E-state index is 6.36. The largest absolute Gasteiger partial charge is 0.330 e. The first-order valence-electron chi connectivity index (χ1n) is 7.10. The van der Waals surface area contributed by atoms with E-state index in [1.807, 2.05) is 6.20 Å². The summed E-state index contributed by atoms with van der Waals surface area (Å²) in [5.41, 5.74) is 6.36. The highest BCUT2D eigenvalue weighted by Gasteiger charge is 2.22. The SMILES string of the molecule is CCCc1nccn1C1CCCCCCC1N. The van der Waals surface area contributed by atoms with Gasteiger partial charge in [-0.1, -0.05) is 32.6 Å². The maximum Gasteiger partial charge on any atom is 0.108 e. The topological polar surface area (TPSA) is 43.8 Å². The molecule has 2 rings (SSSR count). The molecule has 1 fully saturated rings. The molecule has 3 heteroatoms. The minimum Gasteiger partial charge on any atom is -0.330 e. The van der Waals surface area contributed by atoms with Gasteiger partial charge < -0.3 is 10.3 Å². The first-order chi connectivity index (χ1) is 8.33. The minimum absolute atomic E-state index is 0.306. The fraction of sp³-hybridized carbons (Fsp3) is 0.786. The van der Waals surface area contributed by atoms with E-state index in [1.54, 1.807) is 0 Å². The summed E-state index contributed by atoms with van der Waals surface area (Å²) in [5.74, 6) is 1.22. The Morgan fingerprint density at radius 3 is 2.82 bits per heavy atom. The van der Waals surface area contributed by atoms with Gasteiger partial charge in [0.05, 0.1) is 0 Å². The van der Waals surface area contributed by atoms with Crippen LogP contribution in [0.3, 0.4) is 0 Å². The fourth-order valence-electron chi connectivity index (χ4n) is 2.90. The van der Waals surface area contributed by atoms with Crippen molar-refractivity contribution < 1.29 is 0 Å². The van der Waals surface area contributed by atoms with Crippen molar-refractivity contribution in [2.24, 2.45) is 5.73 Å². The predicted octanol–water partition coefficient (Wildman–Crippen LogP) is 3.06. The van der Waals surface area contributed by atoms with E-state index in [0.717, 1.165) is 19.3 Å². The number of nitrogens with two attached hydrogens (primary N) is 1. The third-order valence-corrected chi connectivity index (χ3v) is 3.86. The Kier molecular flexibility index (Phi) is 4.60. The Morgan fingerprint density at radius 1 is 1.29 bits per heavy atom. The van der Waals surface area contributed by atoms with Crippen LogP contribution >= 0.6 is 0 Å². The molecule has 17 heavy (non-hydrogen) atoms. The highest BCUT2D eigenvalue weighted by Crippen LogP contribution is 2.26. The lowest BCUT2D eigenvalue weighted by molar-refractivity contribution is 0.320. The van der Waals surface area contributed by atoms with Gasteiger partial charge in [-0.15, -0.1) is 0 Å². The zero-order valence-corrected chi connectivity index (χ0v) is 10.9. The number of aryl methyl sites for hydroxylation is 1. The molecule has 2 atom stereocenters. The van der Waals surface area contributed by atoms with Crippen LogP contribution in [-0.4, -0.2) is 15.6 Å². The molecule has 0 spiro atoms. The van der Waals surface area contributed by atoms with Crippen LogP contribution in [0.15, 0.2) is 12.4 Å². The molecule has 0 aliphatic heterocycles. The van der Waals surface area contributed by atoms with Crippen molar-refractivity contribution in [3.05, 3.63) is 18.2 Å². The molecule has 3 nitrogen and oxygen atoms in total. The summed E-state index contributed by atoms with van der Waals surface area (Å²) in [5, 5.41) is 0. The molecular formula is C14H25N3. The molecule has 2 N–H and O–H groups in total. The zero-order chi connectivity index (χ0) is 12.1. The van der Waals surface area contributed by atoms with Crippen LogP contribution in [-0.2, 0) is 6.42 Å². The van der Waals surface area contributed by atoms with Gasteiger partial charge in [0.1, 0.15) is 5.82 Å². The van der Waals surface area contributed by atoms with E-state index in [0.29, 0.717) is 12.1 Å². The van der Waals surface area contributed by atoms with Crippen molar-refractivity contribution in [1.29, 1.82) is 0 Å². The van der Waals surface area contributed by atoms with Gasteiger partial charge in [-0.2, -0.15) is 0 Å². The molecule has 0 radical (unpaired) electrons. The number of imidazole rings is 1. The summed E-state index contributed by atoms with van der Waals surface area (Å²) in [6.45, 7) is 2.21. The standard InChI is InChI=1S/C14H25N3/c1-2-7-14-16-10-11-17(14)13-9-6-4-3-5-8-12(13)15/h10-13H,2-9,15H2,1H3. The van der Waals surface area contributed by atoms with Crippen molar-refractivity contribution in [1.82, 2.24) is 9.55 Å². The van der Waals surface area contributed by atoms with Crippen molar-refractivity contribution in [2.75, 3.05) is 0 Å². The minimum atomic E-state index is 0.306. The highest BCUT2D eigenvalue weighted by atomic mass is 15.1. The predicted molar refractivity (Wildman–Crippen MR) is 70.9 cm³/mol. The molecule has 1 aromatic heterocycles. The van der Waals surface area contributed by atoms with Crippen LogP contribution < -0.4 is 5.73 Å². The number of hydrogen-bond acceptors (Lipinski definition) is 2. The van der Waals surface area contributed by atoms with Gasteiger partial charge in [0, 0.05) is 30.9 Å². The second-order valence-corrected chi connectivity index (χ2v) is 5.22. The van der Waals surface area contributed by atoms with E-state index in [9.17, 15) is 0 Å². The van der Waals surface area contributed by atoms with Crippen LogP contribution in [0.25, 0.3) is 0 Å². The number of aromatic nitrogens is 2. The van der Waals surface area contributed by atoms with Gasteiger partial charge in [-0.05, 0) is 19.3 Å². The molecule has 0 bridgehead atoms. The lowest BCUT2D eigenvalue weighted by Crippen LogP contribution is -2.33. The normalized spacial score (nSPS) is 26.5. The van der Waals surface area contributed by atoms with Gasteiger partial charge in [-0.3, -0.25) is 0 Å². The Bertz CT molecular complexity index is 332. The molecule has 1 heterocycles. The average Bonchev–Trinajstić information content (AvgIpc) is 2.73. The van der Waals surface area contributed by atoms with E-state index in [1.165, 1.54) is 37.9 Å². The summed E-state index contributed by atoms with van der Waals surface area (Å²) >= 11 is 0. The first-order valence-corrected chi connectivity index (χ1v) is 7.10. The summed E-state index contributed by atoms with van der Waals surface area (Å²) in [6.07, 6.45) is 14.0. The average molecular weight is 235 g/mol. The number of hydrogen-bond donors (Lipinski definition) is 1. The van der Waals surface area contributed by atoms with Crippen LogP contribution in [0.1, 0.15) is 63.7 Å². The highest BCUT2D eigenvalue weighted by molar-refractivity contribution is 4.98. The summed E-state index contributed by atoms with van der Waals surface area (Å²) in [7, 11) is 0. The van der Waals surface area contributed by atoms with Crippen molar-refractivity contribution >= 4 is 0 Å². The van der Waals surface area contributed by atoms with E-state index < -0.39 is 0 Å². The summed E-state index contributed by atoms with van der Waals surface area (Å²) in [6, 6.07) is 0.777. The van der Waals surface area contributed by atoms with E-state index in [-0.39, 0.29) is 0 Å². The number of rotatable bonds is 3. The Morgan fingerprint density at radius 2 is 2.06 bits per heavy atom. The number of nitrogens with zero attached hydrogens (tertiary/aromatic N) is 2. The molecule has 1 aliphatic carbocycles. The van der Waals surface area contributed by atoms with E-state index in [4.69, 9.17) is 5.73 Å². The van der Waals surface area contributed by atoms with Gasteiger partial charge in [0.15, 0.2) is 0 Å². The van der Waals surface area contributed by atoms with Gasteiger partial charge in [-0.25, -0.2) is 4.98 Å². The van der Waals surface area contributed by atoms with Crippen molar-refractivity contribution in [2.45, 2.75) is 70.4 Å². The maximum atomic E-state index is 6.36. The van der Waals surface area contributed by atoms with Crippen LogP contribution in [0.2, 0.25) is 0 Å². The lowest BCUT2D eigenvalue weighted by Gasteiger charge is -2.28. The Labute approximate surface area is 104 Å². The molecular weight excluding hydrogens is 210 g/mol. The van der Waals surface area contributed by atoms with Crippen LogP contribution in [0.5, 0.6) is 0 Å². The molecule has 1 aliphatic rings. The van der Waals surface area contributed by atoms with Crippen LogP contribution in [0, 0.1) is 0 Å². The lowest BCUT2D eigenvalue weighted by atomic mass is 9.92. The monoisotopic (exact) mass is 235 g/mol. The molecule has 2 unspecified atom stereocenters. The summed E-state index contributed by atoms with van der Waals surface area (Å²) < 4.78 is 2.35. The second-order valence-electron chi connectivity index (χ2n) is 5.22. The first kappa shape index (κ1) is 12.6. The van der Waals surface area contributed by atoms with E-state index in [2.05, 4.69) is 22.7 Å².